The molecule has 0 atom stereocenters. The molecular weight excluding hydrogens is 540 g/mol. The van der Waals surface area contributed by atoms with Crippen molar-refractivity contribution in [2.24, 2.45) is 0 Å². The summed E-state index contributed by atoms with van der Waals surface area (Å²) < 4.78 is 15.1. The molecule has 4 aromatic heterocycles. The first kappa shape index (κ1) is 28.5. The fourth-order valence-electron chi connectivity index (χ4n) is 4.91. The molecule has 10 heteroatoms. The molecule has 0 aliphatic heterocycles. The van der Waals surface area contributed by atoms with Gasteiger partial charge in [0.25, 0.3) is 0 Å². The SMILES string of the molecule is Cc1cc(Nc2cc3cc(-c4cc(Cl)ncc4OC4CCC(O[Si](C)(C)C(C)(C)C)CC4)ccn3n2)nc(C)n1. The van der Waals surface area contributed by atoms with E-state index < -0.39 is 8.32 Å². The average molecular weight is 579 g/mol. The Balaban J connectivity index is 1.31. The molecule has 1 saturated carbocycles. The molecule has 0 unspecified atom stereocenters. The molecule has 0 saturated heterocycles. The van der Waals surface area contributed by atoms with E-state index in [9.17, 15) is 0 Å². The lowest BCUT2D eigenvalue weighted by Crippen LogP contribution is -2.45. The zero-order chi connectivity index (χ0) is 28.7. The lowest BCUT2D eigenvalue weighted by Gasteiger charge is -2.41. The molecule has 1 N–H and O–H groups in total. The number of nitrogens with one attached hydrogen (secondary N) is 1. The second-order valence-electron chi connectivity index (χ2n) is 12.3. The van der Waals surface area contributed by atoms with Crippen molar-refractivity contribution in [3.05, 3.63) is 59.4 Å². The Morgan fingerprint density at radius 1 is 0.975 bits per heavy atom. The minimum absolute atomic E-state index is 0.121. The summed E-state index contributed by atoms with van der Waals surface area (Å²) >= 11 is 6.35. The van der Waals surface area contributed by atoms with Crippen molar-refractivity contribution in [1.29, 1.82) is 0 Å². The molecule has 4 aromatic rings. The molecule has 1 aliphatic carbocycles. The van der Waals surface area contributed by atoms with Gasteiger partial charge in [0.05, 0.1) is 17.8 Å². The summed E-state index contributed by atoms with van der Waals surface area (Å²) in [5, 5.41) is 8.58. The minimum Gasteiger partial charge on any atom is -0.488 e. The van der Waals surface area contributed by atoms with Crippen LogP contribution < -0.4 is 10.1 Å². The van der Waals surface area contributed by atoms with E-state index in [1.807, 2.05) is 48.8 Å². The number of rotatable bonds is 7. The van der Waals surface area contributed by atoms with E-state index in [4.69, 9.17) is 20.8 Å². The first-order chi connectivity index (χ1) is 18.9. The number of fused-ring (bicyclic) bond motifs is 1. The van der Waals surface area contributed by atoms with Crippen molar-refractivity contribution in [3.8, 4) is 16.9 Å². The van der Waals surface area contributed by atoms with Gasteiger partial charge >= 0.3 is 0 Å². The van der Waals surface area contributed by atoms with Crippen molar-refractivity contribution >= 4 is 37.1 Å². The predicted octanol–water partition coefficient (Wildman–Crippen LogP) is 7.91. The monoisotopic (exact) mass is 578 g/mol. The molecule has 0 amide bonds. The highest BCUT2D eigenvalue weighted by atomic mass is 35.5. The quantitative estimate of drug-likeness (QED) is 0.176. The van der Waals surface area contributed by atoms with Crippen LogP contribution in [0.2, 0.25) is 23.3 Å². The van der Waals surface area contributed by atoms with Gasteiger partial charge in [-0.1, -0.05) is 32.4 Å². The Morgan fingerprint density at radius 3 is 2.40 bits per heavy atom. The third-order valence-electron chi connectivity index (χ3n) is 8.01. The largest absolute Gasteiger partial charge is 0.488 e. The number of hydrogen-bond acceptors (Lipinski definition) is 7. The van der Waals surface area contributed by atoms with Gasteiger partial charge in [0.1, 0.15) is 22.5 Å². The molecule has 0 spiro atoms. The first-order valence-electron chi connectivity index (χ1n) is 14.0. The summed E-state index contributed by atoms with van der Waals surface area (Å²) in [5.41, 5.74) is 3.74. The van der Waals surface area contributed by atoms with Crippen LogP contribution in [0.5, 0.6) is 5.75 Å². The van der Waals surface area contributed by atoms with Crippen molar-refractivity contribution in [2.75, 3.05) is 5.32 Å². The van der Waals surface area contributed by atoms with E-state index in [1.165, 1.54) is 0 Å². The van der Waals surface area contributed by atoms with E-state index in [1.54, 1.807) is 6.20 Å². The van der Waals surface area contributed by atoms with Crippen LogP contribution in [0, 0.1) is 13.8 Å². The van der Waals surface area contributed by atoms with E-state index in [2.05, 4.69) is 65.3 Å². The molecule has 0 radical (unpaired) electrons. The van der Waals surface area contributed by atoms with Crippen LogP contribution in [0.25, 0.3) is 16.6 Å². The number of nitrogens with zero attached hydrogens (tertiary/aromatic N) is 5. The number of halogens is 1. The second-order valence-corrected chi connectivity index (χ2v) is 17.4. The number of anilines is 2. The van der Waals surface area contributed by atoms with Crippen LogP contribution >= 0.6 is 11.6 Å². The summed E-state index contributed by atoms with van der Waals surface area (Å²) in [6.07, 6.45) is 8.05. The van der Waals surface area contributed by atoms with Crippen LogP contribution in [0.1, 0.15) is 58.0 Å². The number of pyridine rings is 2. The van der Waals surface area contributed by atoms with Crippen LogP contribution in [0.4, 0.5) is 11.6 Å². The Labute approximate surface area is 242 Å². The number of aromatic nitrogens is 5. The van der Waals surface area contributed by atoms with E-state index in [0.29, 0.717) is 22.9 Å². The summed E-state index contributed by atoms with van der Waals surface area (Å²) in [7, 11) is -1.78. The van der Waals surface area contributed by atoms with Gasteiger partial charge in [-0.25, -0.2) is 19.5 Å². The molecule has 212 valence electrons. The maximum absolute atomic E-state index is 6.68. The Hall–Kier alpha value is -3.01. The Morgan fingerprint density at radius 2 is 1.70 bits per heavy atom. The van der Waals surface area contributed by atoms with Gasteiger partial charge in [-0.15, -0.1) is 0 Å². The van der Waals surface area contributed by atoms with E-state index in [-0.39, 0.29) is 11.1 Å². The van der Waals surface area contributed by atoms with Crippen molar-refractivity contribution in [3.63, 3.8) is 0 Å². The fraction of sp³-hybridized carbons (Fsp3) is 0.467. The van der Waals surface area contributed by atoms with Gasteiger partial charge < -0.3 is 14.5 Å². The molecule has 0 aromatic carbocycles. The molecule has 0 bridgehead atoms. The van der Waals surface area contributed by atoms with Gasteiger partial charge in [0.15, 0.2) is 14.1 Å². The standard InChI is InChI=1S/C30H39ClN6O2Si/c1-19-14-28(34-20(2)33-19)35-29-16-22-15-21(12-13-37(22)36-29)25-17-27(31)32-18-26(25)38-23-8-10-24(11-9-23)39-40(6,7)30(3,4)5/h12-18,23-24H,8-11H2,1-7H3,(H,33,34,35,36). The third-order valence-corrected chi connectivity index (χ3v) is 12.8. The van der Waals surface area contributed by atoms with Crippen molar-refractivity contribution in [2.45, 2.75) is 90.6 Å². The zero-order valence-electron chi connectivity index (χ0n) is 24.5. The molecule has 1 fully saturated rings. The maximum Gasteiger partial charge on any atom is 0.192 e. The summed E-state index contributed by atoms with van der Waals surface area (Å²) in [6, 6.07) is 9.86. The van der Waals surface area contributed by atoms with Gasteiger partial charge in [0, 0.05) is 35.7 Å². The Kier molecular flexibility index (Phi) is 7.91. The topological polar surface area (TPSA) is 86.5 Å². The van der Waals surface area contributed by atoms with Crippen LogP contribution in [0.3, 0.4) is 0 Å². The lowest BCUT2D eigenvalue weighted by atomic mass is 9.95. The molecule has 1 aliphatic rings. The molecule has 5 rings (SSSR count). The Bertz CT molecular complexity index is 1490. The highest BCUT2D eigenvalue weighted by molar-refractivity contribution is 6.74. The minimum atomic E-state index is -1.78. The van der Waals surface area contributed by atoms with Gasteiger partial charge in [-0.2, -0.15) is 5.10 Å². The average Bonchev–Trinajstić information content (AvgIpc) is 3.26. The summed E-state index contributed by atoms with van der Waals surface area (Å²) in [6.45, 7) is 15.4. The predicted molar refractivity (Wildman–Crippen MR) is 163 cm³/mol. The lowest BCUT2D eigenvalue weighted by molar-refractivity contribution is 0.0727. The van der Waals surface area contributed by atoms with Crippen LogP contribution in [0.15, 0.2) is 42.7 Å². The molecule has 8 nitrogen and oxygen atoms in total. The fourth-order valence-corrected chi connectivity index (χ4v) is 6.49. The summed E-state index contributed by atoms with van der Waals surface area (Å²) in [5.74, 6) is 2.88. The number of ether oxygens (including phenoxy) is 1. The number of aryl methyl sites for hydroxylation is 2. The smallest absolute Gasteiger partial charge is 0.192 e. The highest BCUT2D eigenvalue weighted by Crippen LogP contribution is 2.40. The highest BCUT2D eigenvalue weighted by Gasteiger charge is 2.40. The zero-order valence-corrected chi connectivity index (χ0v) is 26.2. The summed E-state index contributed by atoms with van der Waals surface area (Å²) in [4.78, 5) is 13.1. The van der Waals surface area contributed by atoms with Gasteiger partial charge in [-0.05, 0) is 81.4 Å². The van der Waals surface area contributed by atoms with Crippen molar-refractivity contribution < 1.29 is 9.16 Å². The third kappa shape index (κ3) is 6.48. The molecule has 40 heavy (non-hydrogen) atoms. The van der Waals surface area contributed by atoms with Crippen LogP contribution in [-0.2, 0) is 4.43 Å². The van der Waals surface area contributed by atoms with Gasteiger partial charge in [-0.3, -0.25) is 0 Å². The van der Waals surface area contributed by atoms with Crippen LogP contribution in [-0.4, -0.2) is 45.1 Å². The van der Waals surface area contributed by atoms with E-state index >= 15 is 0 Å². The van der Waals surface area contributed by atoms with Crippen molar-refractivity contribution in [1.82, 2.24) is 24.6 Å². The van der Waals surface area contributed by atoms with Gasteiger partial charge in [0.2, 0.25) is 0 Å². The first-order valence-corrected chi connectivity index (χ1v) is 17.2. The number of hydrogen-bond donors (Lipinski definition) is 1. The molecular formula is C30H39ClN6O2Si. The van der Waals surface area contributed by atoms with E-state index in [0.717, 1.165) is 59.6 Å². The molecule has 4 heterocycles. The normalized spacial score (nSPS) is 18.2. The maximum atomic E-state index is 6.68. The second kappa shape index (κ2) is 11.1.